The zero-order valence-electron chi connectivity index (χ0n) is 17.8. The van der Waals surface area contributed by atoms with Crippen LogP contribution in [-0.4, -0.2) is 18.9 Å². The van der Waals surface area contributed by atoms with Gasteiger partial charge in [-0.25, -0.2) is 9.18 Å². The Morgan fingerprint density at radius 2 is 2.03 bits per heavy atom. The molecule has 0 aromatic heterocycles. The number of dihydropyridines is 1. The Morgan fingerprint density at radius 3 is 2.78 bits per heavy atom. The van der Waals surface area contributed by atoms with Crippen LogP contribution in [0, 0.1) is 5.82 Å². The molecular formula is C25H23BrFNO4. The molecule has 0 saturated heterocycles. The summed E-state index contributed by atoms with van der Waals surface area (Å²) in [6.45, 7) is 1.96. The second-order valence-electron chi connectivity index (χ2n) is 7.86. The Bertz CT molecular complexity index is 1150. The van der Waals surface area contributed by atoms with E-state index in [0.29, 0.717) is 40.1 Å². The number of allylic oxidation sites excluding steroid dienone is 3. The van der Waals surface area contributed by atoms with Crippen LogP contribution in [0.15, 0.2) is 69.5 Å². The summed E-state index contributed by atoms with van der Waals surface area (Å²) in [5, 5.41) is 3.26. The molecule has 4 rings (SSSR count). The average molecular weight is 500 g/mol. The number of halogens is 2. The predicted molar refractivity (Wildman–Crippen MR) is 121 cm³/mol. The van der Waals surface area contributed by atoms with Crippen molar-refractivity contribution in [3.8, 4) is 5.75 Å². The lowest BCUT2D eigenvalue weighted by Crippen LogP contribution is -2.34. The number of nitrogens with one attached hydrogen (secondary N) is 1. The molecule has 0 fully saturated rings. The lowest BCUT2D eigenvalue weighted by atomic mass is 9.75. The van der Waals surface area contributed by atoms with Crippen molar-refractivity contribution in [3.05, 3.63) is 86.4 Å². The first kappa shape index (κ1) is 22.3. The van der Waals surface area contributed by atoms with Gasteiger partial charge >= 0.3 is 5.97 Å². The summed E-state index contributed by atoms with van der Waals surface area (Å²) in [6.07, 6.45) is 1.93. The predicted octanol–water partition coefficient (Wildman–Crippen LogP) is 5.31. The number of benzene rings is 2. The van der Waals surface area contributed by atoms with E-state index >= 15 is 0 Å². The number of esters is 1. The SMILES string of the molecule is COC(=O)C1=C(C)NC2=C(C(=O)CCC2)[C@@H]1c1cc(Br)ccc1OCc1cccc(F)c1. The fraction of sp³-hybridized carbons (Fsp3) is 0.280. The molecule has 2 aliphatic rings. The van der Waals surface area contributed by atoms with Crippen molar-refractivity contribution in [2.75, 3.05) is 7.11 Å². The standard InChI is InChI=1S/C25H23BrFNO4/c1-14-22(25(30)31-2)23(24-19(28-14)7-4-8-20(24)29)18-12-16(26)9-10-21(18)32-13-15-5-3-6-17(27)11-15/h3,5-6,9-12,23,28H,4,7-8,13H2,1-2H3/t23-/m1/s1. The van der Waals surface area contributed by atoms with Gasteiger partial charge in [0.1, 0.15) is 18.2 Å². The summed E-state index contributed by atoms with van der Waals surface area (Å²) in [4.78, 5) is 25.8. The van der Waals surface area contributed by atoms with Gasteiger partial charge in [-0.1, -0.05) is 28.1 Å². The minimum atomic E-state index is -0.619. The summed E-state index contributed by atoms with van der Waals surface area (Å²) in [7, 11) is 1.33. The average Bonchev–Trinajstić information content (AvgIpc) is 2.77. The molecule has 1 N–H and O–H groups in total. The molecule has 5 nitrogen and oxygen atoms in total. The van der Waals surface area contributed by atoms with Crippen molar-refractivity contribution in [3.63, 3.8) is 0 Å². The molecule has 0 radical (unpaired) electrons. The number of hydrogen-bond acceptors (Lipinski definition) is 5. The van der Waals surface area contributed by atoms with Crippen LogP contribution in [0.5, 0.6) is 5.75 Å². The molecule has 1 aliphatic carbocycles. The van der Waals surface area contributed by atoms with Gasteiger partial charge < -0.3 is 14.8 Å². The smallest absolute Gasteiger partial charge is 0.336 e. The molecule has 1 heterocycles. The lowest BCUT2D eigenvalue weighted by molar-refractivity contribution is -0.136. The van der Waals surface area contributed by atoms with Crippen molar-refractivity contribution >= 4 is 27.7 Å². The van der Waals surface area contributed by atoms with Crippen LogP contribution in [-0.2, 0) is 20.9 Å². The molecule has 1 atom stereocenters. The van der Waals surface area contributed by atoms with Crippen LogP contribution < -0.4 is 10.1 Å². The van der Waals surface area contributed by atoms with Crippen LogP contribution >= 0.6 is 15.9 Å². The Labute approximate surface area is 194 Å². The van der Waals surface area contributed by atoms with Gasteiger partial charge in [0.05, 0.1) is 18.6 Å². The molecule has 0 amide bonds. The number of methoxy groups -OCH3 is 1. The summed E-state index contributed by atoms with van der Waals surface area (Å²) in [6, 6.07) is 11.7. The van der Waals surface area contributed by atoms with Crippen molar-refractivity contribution in [1.29, 1.82) is 0 Å². The first-order valence-corrected chi connectivity index (χ1v) is 11.2. The number of hydrogen-bond donors (Lipinski definition) is 1. The van der Waals surface area contributed by atoms with Crippen LogP contribution in [0.1, 0.15) is 43.2 Å². The van der Waals surface area contributed by atoms with Crippen LogP contribution in [0.25, 0.3) is 0 Å². The van der Waals surface area contributed by atoms with Gasteiger partial charge in [0, 0.05) is 33.4 Å². The number of carbonyl (C=O) groups is 2. The third kappa shape index (κ3) is 4.35. The minimum absolute atomic E-state index is 0.00806. The highest BCUT2D eigenvalue weighted by Crippen LogP contribution is 2.46. The molecule has 1 aliphatic heterocycles. The number of ether oxygens (including phenoxy) is 2. The highest BCUT2D eigenvalue weighted by Gasteiger charge is 2.40. The van der Waals surface area contributed by atoms with E-state index in [2.05, 4.69) is 21.2 Å². The van der Waals surface area contributed by atoms with Gasteiger partial charge in [0.25, 0.3) is 0 Å². The summed E-state index contributed by atoms with van der Waals surface area (Å²) >= 11 is 3.51. The van der Waals surface area contributed by atoms with Gasteiger partial charge in [-0.15, -0.1) is 0 Å². The maximum atomic E-state index is 13.6. The molecule has 2 aromatic carbocycles. The summed E-state index contributed by atoms with van der Waals surface area (Å²) in [5.41, 5.74) is 3.82. The second kappa shape index (κ2) is 9.28. The number of ketones is 1. The van der Waals surface area contributed by atoms with Crippen molar-refractivity contribution in [2.45, 2.75) is 38.7 Å². The lowest BCUT2D eigenvalue weighted by Gasteiger charge is -2.34. The van der Waals surface area contributed by atoms with Crippen LogP contribution in [0.2, 0.25) is 0 Å². The van der Waals surface area contributed by atoms with Gasteiger partial charge in [-0.3, -0.25) is 4.79 Å². The Kier molecular flexibility index (Phi) is 6.46. The third-order valence-corrected chi connectivity index (χ3v) is 6.24. The molecule has 32 heavy (non-hydrogen) atoms. The van der Waals surface area contributed by atoms with E-state index in [1.165, 1.54) is 19.2 Å². The highest BCUT2D eigenvalue weighted by atomic mass is 79.9. The Hall–Kier alpha value is -2.93. The van der Waals surface area contributed by atoms with E-state index in [9.17, 15) is 14.0 Å². The van der Waals surface area contributed by atoms with Crippen molar-refractivity contribution < 1.29 is 23.5 Å². The zero-order valence-corrected chi connectivity index (χ0v) is 19.4. The molecular weight excluding hydrogens is 477 g/mol. The van der Waals surface area contributed by atoms with Crippen molar-refractivity contribution in [1.82, 2.24) is 5.32 Å². The first-order valence-electron chi connectivity index (χ1n) is 10.4. The normalized spacial score (nSPS) is 18.2. The van der Waals surface area contributed by atoms with Crippen molar-refractivity contribution in [2.24, 2.45) is 0 Å². The molecule has 166 valence electrons. The topological polar surface area (TPSA) is 64.6 Å². The Balaban J connectivity index is 1.81. The van der Waals surface area contributed by atoms with E-state index in [0.717, 1.165) is 23.0 Å². The maximum Gasteiger partial charge on any atom is 0.336 e. The fourth-order valence-corrected chi connectivity index (χ4v) is 4.72. The monoisotopic (exact) mass is 499 g/mol. The number of Topliss-reactive ketones (excluding diaryl/α,β-unsaturated/α-hetero) is 1. The van der Waals surface area contributed by atoms with E-state index in [-0.39, 0.29) is 18.2 Å². The van der Waals surface area contributed by atoms with Gasteiger partial charge in [-0.2, -0.15) is 0 Å². The molecule has 2 aromatic rings. The first-order chi connectivity index (χ1) is 15.4. The summed E-state index contributed by atoms with van der Waals surface area (Å²) < 4.78 is 25.5. The zero-order chi connectivity index (χ0) is 22.8. The quantitative estimate of drug-likeness (QED) is 0.564. The maximum absolute atomic E-state index is 13.6. The molecule has 0 spiro atoms. The van der Waals surface area contributed by atoms with E-state index in [1.54, 1.807) is 18.2 Å². The fourth-order valence-electron chi connectivity index (χ4n) is 4.34. The van der Waals surface area contributed by atoms with E-state index in [4.69, 9.17) is 9.47 Å². The van der Waals surface area contributed by atoms with Gasteiger partial charge in [0.2, 0.25) is 0 Å². The van der Waals surface area contributed by atoms with Gasteiger partial charge in [0.15, 0.2) is 5.78 Å². The van der Waals surface area contributed by atoms with Crippen LogP contribution in [0.3, 0.4) is 0 Å². The molecule has 0 unspecified atom stereocenters. The second-order valence-corrected chi connectivity index (χ2v) is 8.77. The van der Waals surface area contributed by atoms with Crippen LogP contribution in [0.4, 0.5) is 4.39 Å². The Morgan fingerprint density at radius 1 is 1.22 bits per heavy atom. The summed E-state index contributed by atoms with van der Waals surface area (Å²) in [5.74, 6) is -0.931. The minimum Gasteiger partial charge on any atom is -0.489 e. The highest BCUT2D eigenvalue weighted by molar-refractivity contribution is 9.10. The number of carbonyl (C=O) groups excluding carboxylic acids is 2. The number of rotatable bonds is 5. The van der Waals surface area contributed by atoms with E-state index in [1.807, 2.05) is 19.1 Å². The molecule has 7 heteroatoms. The third-order valence-electron chi connectivity index (χ3n) is 5.75. The molecule has 0 saturated carbocycles. The molecule has 0 bridgehead atoms. The largest absolute Gasteiger partial charge is 0.489 e. The van der Waals surface area contributed by atoms with Gasteiger partial charge in [-0.05, 0) is 55.7 Å². The van der Waals surface area contributed by atoms with E-state index < -0.39 is 11.9 Å².